The zero-order valence-corrected chi connectivity index (χ0v) is 10.6. The highest BCUT2D eigenvalue weighted by Crippen LogP contribution is 2.23. The van der Waals surface area contributed by atoms with Crippen molar-refractivity contribution in [1.29, 1.82) is 0 Å². The van der Waals surface area contributed by atoms with E-state index in [0.29, 0.717) is 6.04 Å². The lowest BCUT2D eigenvalue weighted by Gasteiger charge is -2.20. The number of ether oxygens (including phenoxy) is 1. The average Bonchev–Trinajstić information content (AvgIpc) is 2.82. The van der Waals surface area contributed by atoms with Crippen LogP contribution in [0.5, 0.6) is 5.75 Å². The molecule has 2 unspecified atom stereocenters. The number of benzene rings is 1. The van der Waals surface area contributed by atoms with Gasteiger partial charge in [-0.05, 0) is 50.9 Å². The molecule has 1 aromatic carbocycles. The Bertz CT molecular complexity index is 342. The Morgan fingerprint density at radius 1 is 1.29 bits per heavy atom. The summed E-state index contributed by atoms with van der Waals surface area (Å²) in [7, 11) is 0. The van der Waals surface area contributed by atoms with E-state index in [9.17, 15) is 0 Å². The van der Waals surface area contributed by atoms with Crippen LogP contribution in [0.15, 0.2) is 24.3 Å². The van der Waals surface area contributed by atoms with E-state index in [1.54, 1.807) is 0 Å². The maximum atomic E-state index is 6.25. The molecule has 17 heavy (non-hydrogen) atoms. The third-order valence-electron chi connectivity index (χ3n) is 3.17. The highest BCUT2D eigenvalue weighted by molar-refractivity contribution is 5.30. The van der Waals surface area contributed by atoms with Crippen LogP contribution in [0.4, 0.5) is 0 Å². The summed E-state index contributed by atoms with van der Waals surface area (Å²) in [4.78, 5) is 0. The fraction of sp³-hybridized carbons (Fsp3) is 0.571. The number of hydrogen-bond donors (Lipinski definition) is 2. The van der Waals surface area contributed by atoms with Gasteiger partial charge in [0.25, 0.3) is 0 Å². The van der Waals surface area contributed by atoms with Crippen LogP contribution in [0.25, 0.3) is 0 Å². The molecule has 2 atom stereocenters. The van der Waals surface area contributed by atoms with Crippen molar-refractivity contribution in [1.82, 2.24) is 5.32 Å². The van der Waals surface area contributed by atoms with Crippen molar-refractivity contribution >= 4 is 0 Å². The Morgan fingerprint density at radius 2 is 2.00 bits per heavy atom. The SMILES string of the molecule is CC(C)Oc1ccc(C(N)C2CCCN2)cc1. The van der Waals surface area contributed by atoms with Crippen LogP contribution >= 0.6 is 0 Å². The lowest BCUT2D eigenvalue weighted by molar-refractivity contribution is 0.242. The summed E-state index contributed by atoms with van der Waals surface area (Å²) in [5.74, 6) is 0.912. The van der Waals surface area contributed by atoms with Gasteiger partial charge in [-0.15, -0.1) is 0 Å². The molecule has 3 nitrogen and oxygen atoms in total. The van der Waals surface area contributed by atoms with Gasteiger partial charge in [-0.3, -0.25) is 0 Å². The summed E-state index contributed by atoms with van der Waals surface area (Å²) < 4.78 is 5.62. The van der Waals surface area contributed by atoms with E-state index in [0.717, 1.165) is 12.3 Å². The van der Waals surface area contributed by atoms with Gasteiger partial charge < -0.3 is 15.8 Å². The molecule has 94 valence electrons. The van der Waals surface area contributed by atoms with Crippen LogP contribution in [0.3, 0.4) is 0 Å². The molecule has 1 aliphatic heterocycles. The van der Waals surface area contributed by atoms with E-state index in [-0.39, 0.29) is 12.1 Å². The number of rotatable bonds is 4. The Labute approximate surface area is 103 Å². The molecule has 0 spiro atoms. The van der Waals surface area contributed by atoms with Crippen LogP contribution in [0, 0.1) is 0 Å². The molecule has 0 bridgehead atoms. The maximum absolute atomic E-state index is 6.25. The standard InChI is InChI=1S/C14H22N2O/c1-10(2)17-12-7-5-11(6-8-12)14(15)13-4-3-9-16-13/h5-8,10,13-14,16H,3-4,9,15H2,1-2H3. The van der Waals surface area contributed by atoms with Crippen LogP contribution < -0.4 is 15.8 Å². The van der Waals surface area contributed by atoms with Crippen LogP contribution in [0.2, 0.25) is 0 Å². The zero-order valence-electron chi connectivity index (χ0n) is 10.6. The lowest BCUT2D eigenvalue weighted by atomic mass is 9.99. The van der Waals surface area contributed by atoms with Crippen molar-refractivity contribution in [2.75, 3.05) is 6.54 Å². The Kier molecular flexibility index (Phi) is 4.02. The predicted molar refractivity (Wildman–Crippen MR) is 70.2 cm³/mol. The first kappa shape index (κ1) is 12.4. The van der Waals surface area contributed by atoms with Crippen molar-refractivity contribution in [3.05, 3.63) is 29.8 Å². The van der Waals surface area contributed by atoms with Crippen LogP contribution in [0.1, 0.15) is 38.3 Å². The summed E-state index contributed by atoms with van der Waals surface area (Å²) in [6.07, 6.45) is 2.62. The van der Waals surface area contributed by atoms with Gasteiger partial charge in [0.05, 0.1) is 6.10 Å². The van der Waals surface area contributed by atoms with Crippen LogP contribution in [-0.4, -0.2) is 18.7 Å². The first-order chi connectivity index (χ1) is 8.16. The van der Waals surface area contributed by atoms with E-state index in [1.165, 1.54) is 18.4 Å². The van der Waals surface area contributed by atoms with Crippen molar-refractivity contribution in [3.8, 4) is 5.75 Å². The Morgan fingerprint density at radius 3 is 2.53 bits per heavy atom. The molecular formula is C14H22N2O. The summed E-state index contributed by atoms with van der Waals surface area (Å²) in [5, 5.41) is 3.45. The molecule has 1 aromatic rings. The van der Waals surface area contributed by atoms with E-state index < -0.39 is 0 Å². The molecule has 3 heteroatoms. The predicted octanol–water partition coefficient (Wildman–Crippen LogP) is 2.23. The molecule has 1 heterocycles. The highest BCUT2D eigenvalue weighted by atomic mass is 16.5. The van der Waals surface area contributed by atoms with E-state index >= 15 is 0 Å². The number of hydrogen-bond acceptors (Lipinski definition) is 3. The van der Waals surface area contributed by atoms with E-state index in [4.69, 9.17) is 10.5 Å². The van der Waals surface area contributed by atoms with Gasteiger partial charge in [-0.2, -0.15) is 0 Å². The molecule has 2 rings (SSSR count). The fourth-order valence-electron chi connectivity index (χ4n) is 2.29. The van der Waals surface area contributed by atoms with Crippen molar-refractivity contribution < 1.29 is 4.74 Å². The summed E-state index contributed by atoms with van der Waals surface area (Å²) in [5.41, 5.74) is 7.43. The molecular weight excluding hydrogens is 212 g/mol. The minimum atomic E-state index is 0.0885. The van der Waals surface area contributed by atoms with Crippen LogP contribution in [-0.2, 0) is 0 Å². The summed E-state index contributed by atoms with van der Waals surface area (Å²) in [6.45, 7) is 5.15. The molecule has 0 amide bonds. The largest absolute Gasteiger partial charge is 0.491 e. The molecule has 3 N–H and O–H groups in total. The van der Waals surface area contributed by atoms with Crippen molar-refractivity contribution in [3.63, 3.8) is 0 Å². The molecule has 1 saturated heterocycles. The van der Waals surface area contributed by atoms with Gasteiger partial charge in [-0.25, -0.2) is 0 Å². The first-order valence-corrected chi connectivity index (χ1v) is 6.42. The van der Waals surface area contributed by atoms with Gasteiger partial charge in [0, 0.05) is 12.1 Å². The second-order valence-corrected chi connectivity index (χ2v) is 4.96. The van der Waals surface area contributed by atoms with Crippen molar-refractivity contribution in [2.45, 2.75) is 44.9 Å². The normalized spacial score (nSPS) is 21.8. The lowest BCUT2D eigenvalue weighted by Crippen LogP contribution is -2.34. The zero-order chi connectivity index (χ0) is 12.3. The molecule has 0 aromatic heterocycles. The third kappa shape index (κ3) is 3.20. The monoisotopic (exact) mass is 234 g/mol. The van der Waals surface area contributed by atoms with Gasteiger partial charge >= 0.3 is 0 Å². The molecule has 0 aliphatic carbocycles. The van der Waals surface area contributed by atoms with Gasteiger partial charge in [0.2, 0.25) is 0 Å². The van der Waals surface area contributed by atoms with Crippen molar-refractivity contribution in [2.24, 2.45) is 5.73 Å². The topological polar surface area (TPSA) is 47.3 Å². The number of nitrogens with one attached hydrogen (secondary N) is 1. The van der Waals surface area contributed by atoms with E-state index in [2.05, 4.69) is 17.4 Å². The maximum Gasteiger partial charge on any atom is 0.119 e. The van der Waals surface area contributed by atoms with Gasteiger partial charge in [0.15, 0.2) is 0 Å². The second-order valence-electron chi connectivity index (χ2n) is 4.96. The number of nitrogens with two attached hydrogens (primary N) is 1. The Balaban J connectivity index is 2.01. The van der Waals surface area contributed by atoms with Gasteiger partial charge in [-0.1, -0.05) is 12.1 Å². The molecule has 0 saturated carbocycles. The second kappa shape index (κ2) is 5.52. The minimum absolute atomic E-state index is 0.0885. The third-order valence-corrected chi connectivity index (χ3v) is 3.17. The molecule has 1 fully saturated rings. The van der Waals surface area contributed by atoms with E-state index in [1.807, 2.05) is 26.0 Å². The summed E-state index contributed by atoms with van der Waals surface area (Å²) in [6, 6.07) is 8.66. The molecule has 0 radical (unpaired) electrons. The summed E-state index contributed by atoms with van der Waals surface area (Å²) >= 11 is 0. The Hall–Kier alpha value is -1.06. The fourth-order valence-corrected chi connectivity index (χ4v) is 2.29. The smallest absolute Gasteiger partial charge is 0.119 e. The quantitative estimate of drug-likeness (QED) is 0.840. The highest BCUT2D eigenvalue weighted by Gasteiger charge is 2.22. The molecule has 1 aliphatic rings. The van der Waals surface area contributed by atoms with Gasteiger partial charge in [0.1, 0.15) is 5.75 Å². The average molecular weight is 234 g/mol. The first-order valence-electron chi connectivity index (χ1n) is 6.42. The minimum Gasteiger partial charge on any atom is -0.491 e.